The van der Waals surface area contributed by atoms with Gasteiger partial charge in [0.2, 0.25) is 0 Å². The number of hydrogen-bond acceptors (Lipinski definition) is 2. The average molecular weight is 274 g/mol. The summed E-state index contributed by atoms with van der Waals surface area (Å²) in [4.78, 5) is 11.3. The van der Waals surface area contributed by atoms with E-state index in [9.17, 15) is 9.18 Å². The van der Waals surface area contributed by atoms with Gasteiger partial charge in [0.15, 0.2) is 5.78 Å². The quantitative estimate of drug-likeness (QED) is 0.769. The second-order valence-corrected chi connectivity index (χ2v) is 4.50. The van der Waals surface area contributed by atoms with Crippen molar-refractivity contribution in [3.63, 3.8) is 0 Å². The molecule has 19 heavy (non-hydrogen) atoms. The summed E-state index contributed by atoms with van der Waals surface area (Å²) in [6.45, 7) is 1.43. The molecule has 0 aliphatic heterocycles. The second kappa shape index (κ2) is 5.21. The summed E-state index contributed by atoms with van der Waals surface area (Å²) in [5.41, 5.74) is 1.86. The molecule has 4 heteroatoms. The molecule has 0 atom stereocenters. The van der Waals surface area contributed by atoms with Crippen molar-refractivity contribution in [1.29, 1.82) is 5.26 Å². The van der Waals surface area contributed by atoms with Gasteiger partial charge in [-0.15, -0.1) is 0 Å². The third-order valence-electron chi connectivity index (χ3n) is 2.71. The van der Waals surface area contributed by atoms with E-state index in [1.54, 1.807) is 24.3 Å². The van der Waals surface area contributed by atoms with Gasteiger partial charge in [-0.1, -0.05) is 17.7 Å². The van der Waals surface area contributed by atoms with Gasteiger partial charge in [0.1, 0.15) is 5.82 Å². The maximum absolute atomic E-state index is 13.4. The molecule has 0 aromatic heterocycles. The molecule has 0 spiro atoms. The van der Waals surface area contributed by atoms with Crippen LogP contribution in [-0.4, -0.2) is 5.78 Å². The predicted molar refractivity (Wildman–Crippen MR) is 71.6 cm³/mol. The third kappa shape index (κ3) is 2.81. The van der Waals surface area contributed by atoms with Crippen molar-refractivity contribution < 1.29 is 9.18 Å². The summed E-state index contributed by atoms with van der Waals surface area (Å²) in [5, 5.41) is 9.13. The third-order valence-corrected chi connectivity index (χ3v) is 3.02. The normalized spacial score (nSPS) is 10.0. The largest absolute Gasteiger partial charge is 0.294 e. The van der Waals surface area contributed by atoms with Gasteiger partial charge in [-0.25, -0.2) is 4.39 Å². The maximum atomic E-state index is 13.4. The van der Waals surface area contributed by atoms with E-state index in [0.717, 1.165) is 6.07 Å². The zero-order valence-electron chi connectivity index (χ0n) is 10.1. The number of nitrogens with zero attached hydrogens (tertiary/aromatic N) is 1. The maximum Gasteiger partial charge on any atom is 0.161 e. The number of nitriles is 1. The van der Waals surface area contributed by atoms with Crippen LogP contribution in [0.25, 0.3) is 11.1 Å². The smallest absolute Gasteiger partial charge is 0.161 e. The van der Waals surface area contributed by atoms with E-state index in [-0.39, 0.29) is 11.3 Å². The van der Waals surface area contributed by atoms with Crippen LogP contribution in [0.2, 0.25) is 5.02 Å². The summed E-state index contributed by atoms with van der Waals surface area (Å²) in [5.74, 6) is -0.616. The number of Topliss-reactive ketones (excluding diaryl/α,β-unsaturated/α-hetero) is 1. The Bertz CT molecular complexity index is 704. The number of rotatable bonds is 2. The van der Waals surface area contributed by atoms with Crippen molar-refractivity contribution in [3.8, 4) is 17.2 Å². The molecule has 2 nitrogen and oxygen atoms in total. The van der Waals surface area contributed by atoms with Gasteiger partial charge >= 0.3 is 0 Å². The SMILES string of the molecule is CC(=O)c1ccc(-c2cc(F)cc(C#N)c2)cc1Cl. The Kier molecular flexibility index (Phi) is 3.64. The van der Waals surface area contributed by atoms with Crippen LogP contribution in [0.15, 0.2) is 36.4 Å². The molecule has 2 aromatic carbocycles. The highest BCUT2D eigenvalue weighted by Gasteiger charge is 2.09. The van der Waals surface area contributed by atoms with Gasteiger partial charge in [-0.2, -0.15) is 5.26 Å². The summed E-state index contributed by atoms with van der Waals surface area (Å²) in [7, 11) is 0. The van der Waals surface area contributed by atoms with Crippen LogP contribution in [0.4, 0.5) is 4.39 Å². The van der Waals surface area contributed by atoms with Crippen LogP contribution < -0.4 is 0 Å². The molecule has 2 aromatic rings. The summed E-state index contributed by atoms with van der Waals surface area (Å²) < 4.78 is 13.4. The number of ketones is 1. The molecule has 0 aliphatic rings. The van der Waals surface area contributed by atoms with Crippen molar-refractivity contribution in [2.75, 3.05) is 0 Å². The molecule has 0 saturated heterocycles. The highest BCUT2D eigenvalue weighted by atomic mass is 35.5. The average Bonchev–Trinajstić information content (AvgIpc) is 2.37. The summed E-state index contributed by atoms with van der Waals surface area (Å²) >= 11 is 6.01. The molecule has 0 amide bonds. The standard InChI is InChI=1S/C15H9ClFNO/c1-9(19)14-3-2-11(7-15(14)16)12-4-10(8-18)5-13(17)6-12/h2-7H,1H3. The van der Waals surface area contributed by atoms with Gasteiger partial charge in [-0.3, -0.25) is 4.79 Å². The molecule has 0 saturated carbocycles. The van der Waals surface area contributed by atoms with Crippen molar-refractivity contribution in [2.24, 2.45) is 0 Å². The Morgan fingerprint density at radius 3 is 2.53 bits per heavy atom. The first-order chi connectivity index (χ1) is 9.01. The van der Waals surface area contributed by atoms with E-state index in [1.807, 2.05) is 6.07 Å². The van der Waals surface area contributed by atoms with E-state index in [4.69, 9.17) is 16.9 Å². The molecule has 0 aliphatic carbocycles. The van der Waals surface area contributed by atoms with Crippen LogP contribution >= 0.6 is 11.6 Å². The fourth-order valence-electron chi connectivity index (χ4n) is 1.80. The van der Waals surface area contributed by atoms with E-state index < -0.39 is 5.82 Å². The Balaban J connectivity index is 2.54. The van der Waals surface area contributed by atoms with Crippen molar-refractivity contribution in [2.45, 2.75) is 6.92 Å². The first-order valence-corrected chi connectivity index (χ1v) is 5.90. The van der Waals surface area contributed by atoms with Gasteiger partial charge in [0.05, 0.1) is 16.7 Å². The predicted octanol–water partition coefficient (Wildman–Crippen LogP) is 4.22. The lowest BCUT2D eigenvalue weighted by atomic mass is 10.0. The summed E-state index contributed by atoms with van der Waals surface area (Å²) in [6, 6.07) is 10.8. The number of benzene rings is 2. The molecule has 0 unspecified atom stereocenters. The molecule has 0 fully saturated rings. The van der Waals surface area contributed by atoms with Crippen LogP contribution in [0.1, 0.15) is 22.8 Å². The van der Waals surface area contributed by atoms with E-state index in [1.165, 1.54) is 13.0 Å². The minimum Gasteiger partial charge on any atom is -0.294 e. The van der Waals surface area contributed by atoms with Gasteiger partial charge in [-0.05, 0) is 48.4 Å². The monoisotopic (exact) mass is 273 g/mol. The van der Waals surface area contributed by atoms with Gasteiger partial charge in [0, 0.05) is 5.56 Å². The van der Waals surface area contributed by atoms with E-state index >= 15 is 0 Å². The molecule has 0 heterocycles. The zero-order valence-corrected chi connectivity index (χ0v) is 10.8. The number of carbonyl (C=O) groups is 1. The van der Waals surface area contributed by atoms with Crippen molar-refractivity contribution >= 4 is 17.4 Å². The molecule has 0 radical (unpaired) electrons. The molecule has 0 bridgehead atoms. The van der Waals surface area contributed by atoms with Crippen LogP contribution in [0.5, 0.6) is 0 Å². The molecular formula is C15H9ClFNO. The topological polar surface area (TPSA) is 40.9 Å². The van der Waals surface area contributed by atoms with Gasteiger partial charge < -0.3 is 0 Å². The Morgan fingerprint density at radius 2 is 1.95 bits per heavy atom. The van der Waals surface area contributed by atoms with Crippen LogP contribution in [-0.2, 0) is 0 Å². The van der Waals surface area contributed by atoms with Gasteiger partial charge in [0.25, 0.3) is 0 Å². The Hall–Kier alpha value is -2.18. The second-order valence-electron chi connectivity index (χ2n) is 4.09. The van der Waals surface area contributed by atoms with Crippen LogP contribution in [0, 0.1) is 17.1 Å². The summed E-state index contributed by atoms with van der Waals surface area (Å²) in [6.07, 6.45) is 0. The minimum absolute atomic E-state index is 0.131. The number of hydrogen-bond donors (Lipinski definition) is 0. The van der Waals surface area contributed by atoms with Crippen molar-refractivity contribution in [3.05, 3.63) is 58.4 Å². The Morgan fingerprint density at radius 1 is 1.21 bits per heavy atom. The number of carbonyl (C=O) groups excluding carboxylic acids is 1. The molecular weight excluding hydrogens is 265 g/mol. The van der Waals surface area contributed by atoms with E-state index in [2.05, 4.69) is 0 Å². The lowest BCUT2D eigenvalue weighted by Crippen LogP contribution is -1.93. The lowest BCUT2D eigenvalue weighted by Gasteiger charge is -2.06. The molecule has 0 N–H and O–H groups in total. The van der Waals surface area contributed by atoms with Crippen LogP contribution in [0.3, 0.4) is 0 Å². The molecule has 2 rings (SSSR count). The highest BCUT2D eigenvalue weighted by molar-refractivity contribution is 6.34. The fraction of sp³-hybridized carbons (Fsp3) is 0.0667. The fourth-order valence-corrected chi connectivity index (χ4v) is 2.11. The first-order valence-electron chi connectivity index (χ1n) is 5.53. The zero-order chi connectivity index (χ0) is 14.0. The molecule has 94 valence electrons. The number of halogens is 2. The first kappa shape index (κ1) is 13.3. The van der Waals surface area contributed by atoms with Crippen molar-refractivity contribution in [1.82, 2.24) is 0 Å². The van der Waals surface area contributed by atoms with E-state index in [0.29, 0.717) is 21.7 Å². The lowest BCUT2D eigenvalue weighted by molar-refractivity contribution is 0.101. The minimum atomic E-state index is -0.485. The Labute approximate surface area is 115 Å². The highest BCUT2D eigenvalue weighted by Crippen LogP contribution is 2.27.